The Morgan fingerprint density at radius 2 is 1.98 bits per heavy atom. The summed E-state index contributed by atoms with van der Waals surface area (Å²) in [6.07, 6.45) is -3.99. The van der Waals surface area contributed by atoms with Crippen LogP contribution in [-0.4, -0.2) is 83.7 Å². The summed E-state index contributed by atoms with van der Waals surface area (Å²) in [6, 6.07) is 0.851. The second-order valence-corrected chi connectivity index (χ2v) is 12.3. The molecule has 0 radical (unpaired) electrons. The number of rotatable bonds is 4. The third-order valence-corrected chi connectivity index (χ3v) is 9.55. The second kappa shape index (κ2) is 9.63. The molecule has 230 valence electrons. The smallest absolute Gasteiger partial charge is 0.418 e. The van der Waals surface area contributed by atoms with Crippen LogP contribution in [0.3, 0.4) is 0 Å². The molecule has 1 spiro atoms. The summed E-state index contributed by atoms with van der Waals surface area (Å²) in [5.74, 6) is -1.28. The van der Waals surface area contributed by atoms with Crippen molar-refractivity contribution in [2.75, 3.05) is 57.2 Å². The van der Waals surface area contributed by atoms with Crippen LogP contribution in [0.2, 0.25) is 5.02 Å². The number of aromatic nitrogens is 3. The highest BCUT2D eigenvalue weighted by Crippen LogP contribution is 2.51. The molecular formula is C28H28ClF5N6O3. The normalized spacial score (nSPS) is 24.7. The van der Waals surface area contributed by atoms with Gasteiger partial charge < -0.3 is 24.8 Å². The third-order valence-electron chi connectivity index (χ3n) is 9.19. The van der Waals surface area contributed by atoms with Crippen LogP contribution < -0.4 is 20.1 Å². The summed E-state index contributed by atoms with van der Waals surface area (Å²) >= 11 is 6.70. The van der Waals surface area contributed by atoms with Crippen LogP contribution in [-0.2, 0) is 10.9 Å². The van der Waals surface area contributed by atoms with Gasteiger partial charge >= 0.3 is 12.2 Å². The maximum absolute atomic E-state index is 16.7. The number of hydrogen-bond donors (Lipinski definition) is 1. The highest BCUT2D eigenvalue weighted by Gasteiger charge is 2.50. The molecule has 6 heterocycles. The van der Waals surface area contributed by atoms with Gasteiger partial charge in [-0.3, -0.25) is 4.90 Å². The second-order valence-electron chi connectivity index (χ2n) is 11.9. The first-order chi connectivity index (χ1) is 20.3. The number of aryl methyl sites for hydroxylation is 1. The van der Waals surface area contributed by atoms with E-state index in [1.54, 1.807) is 11.9 Å². The van der Waals surface area contributed by atoms with E-state index in [2.05, 4.69) is 19.9 Å². The fraction of sp³-hybridized carbons (Fsp3) is 0.536. The van der Waals surface area contributed by atoms with Gasteiger partial charge in [0, 0.05) is 20.0 Å². The first-order valence-electron chi connectivity index (χ1n) is 13.9. The van der Waals surface area contributed by atoms with Crippen LogP contribution >= 0.6 is 11.6 Å². The summed E-state index contributed by atoms with van der Waals surface area (Å²) in [6.45, 7) is 2.87. The predicted molar refractivity (Wildman–Crippen MR) is 148 cm³/mol. The van der Waals surface area contributed by atoms with Gasteiger partial charge in [-0.25, -0.2) is 13.8 Å². The van der Waals surface area contributed by atoms with Crippen molar-refractivity contribution in [2.24, 2.45) is 0 Å². The van der Waals surface area contributed by atoms with Crippen LogP contribution in [0.5, 0.6) is 11.8 Å². The summed E-state index contributed by atoms with van der Waals surface area (Å²) in [4.78, 5) is 16.7. The number of anilines is 2. The van der Waals surface area contributed by atoms with Gasteiger partial charge in [0.05, 0.1) is 46.0 Å². The number of ether oxygens (including phenoxy) is 3. The average molecular weight is 627 g/mol. The number of nitrogens with zero attached hydrogens (tertiary/aromatic N) is 5. The zero-order valence-corrected chi connectivity index (χ0v) is 24.1. The SMILES string of the molecule is Cc1cc(N)nc(-c2c(Cl)c3c4c(nc(OC[C@@]56CCCN5C[C@H](F)C6)nc4c2F)N(C)C2(COC2)CO3)c1C(F)(F)F. The van der Waals surface area contributed by atoms with E-state index in [0.717, 1.165) is 25.5 Å². The van der Waals surface area contributed by atoms with E-state index < -0.39 is 51.1 Å². The maximum Gasteiger partial charge on any atom is 0.418 e. The molecule has 0 unspecified atom stereocenters. The lowest BCUT2D eigenvalue weighted by Gasteiger charge is -2.46. The fourth-order valence-electron chi connectivity index (χ4n) is 6.91. The number of nitrogens with two attached hydrogens (primary N) is 1. The van der Waals surface area contributed by atoms with Gasteiger partial charge in [0.1, 0.15) is 42.1 Å². The maximum atomic E-state index is 16.7. The lowest BCUT2D eigenvalue weighted by Crippen LogP contribution is -2.64. The molecule has 43 heavy (non-hydrogen) atoms. The summed E-state index contributed by atoms with van der Waals surface area (Å²) in [5.41, 5.74) is 1.37. The Morgan fingerprint density at radius 1 is 1.21 bits per heavy atom. The molecule has 3 saturated heterocycles. The largest absolute Gasteiger partial charge is 0.488 e. The Morgan fingerprint density at radius 3 is 2.67 bits per heavy atom. The molecule has 0 bridgehead atoms. The predicted octanol–water partition coefficient (Wildman–Crippen LogP) is 4.95. The highest BCUT2D eigenvalue weighted by atomic mass is 35.5. The van der Waals surface area contributed by atoms with Gasteiger partial charge in [0.2, 0.25) is 0 Å². The Bertz CT molecular complexity index is 1650. The van der Waals surface area contributed by atoms with Gasteiger partial charge in [-0.2, -0.15) is 23.1 Å². The van der Waals surface area contributed by atoms with E-state index in [1.165, 1.54) is 6.92 Å². The van der Waals surface area contributed by atoms with Crippen molar-refractivity contribution in [1.29, 1.82) is 0 Å². The first kappa shape index (κ1) is 28.5. The van der Waals surface area contributed by atoms with E-state index in [4.69, 9.17) is 31.5 Å². The van der Waals surface area contributed by atoms with Crippen LogP contribution in [0.15, 0.2) is 6.07 Å². The molecule has 9 nitrogen and oxygen atoms in total. The Hall–Kier alpha value is -3.23. The van der Waals surface area contributed by atoms with E-state index >= 15 is 4.39 Å². The van der Waals surface area contributed by atoms with Gasteiger partial charge in [-0.05, 0) is 37.9 Å². The van der Waals surface area contributed by atoms with Gasteiger partial charge in [0.25, 0.3) is 0 Å². The van der Waals surface area contributed by atoms with Crippen molar-refractivity contribution in [3.05, 3.63) is 28.0 Å². The minimum atomic E-state index is -4.90. The number of nitrogen functional groups attached to an aromatic ring is 1. The van der Waals surface area contributed by atoms with E-state index in [9.17, 15) is 17.6 Å². The Kier molecular flexibility index (Phi) is 6.39. The molecule has 7 rings (SSSR count). The van der Waals surface area contributed by atoms with Crippen molar-refractivity contribution in [1.82, 2.24) is 19.9 Å². The fourth-order valence-corrected chi connectivity index (χ4v) is 7.23. The molecule has 4 aliphatic heterocycles. The Labute approximate surface area is 248 Å². The number of halogens is 6. The number of fused-ring (bicyclic) bond motifs is 1. The average Bonchev–Trinajstić information content (AvgIpc) is 3.37. The summed E-state index contributed by atoms with van der Waals surface area (Å²) in [5, 5.41) is -0.345. The number of hydrogen-bond acceptors (Lipinski definition) is 9. The monoisotopic (exact) mass is 626 g/mol. The lowest BCUT2D eigenvalue weighted by atomic mass is 9.95. The zero-order valence-electron chi connectivity index (χ0n) is 23.3. The molecule has 0 saturated carbocycles. The van der Waals surface area contributed by atoms with Crippen LogP contribution in [0.25, 0.3) is 22.2 Å². The standard InChI is InChI=1S/C28H28ClF5N6O3/c1-13-6-15(35)36-21(18(13)28(32,33)34)16-19(29)23-17-22(20(16)31)37-25(38-24(17)39(2)27(12-42-23)9-41-10-27)43-11-26-4-3-5-40(26)8-14(30)7-26/h6,14H,3-5,7-12H2,1-2H3,(H2,35,36)/t14-,26+/m1/s1. The minimum Gasteiger partial charge on any atom is -0.488 e. The highest BCUT2D eigenvalue weighted by molar-refractivity contribution is 6.36. The molecule has 3 fully saturated rings. The molecule has 2 aromatic heterocycles. The van der Waals surface area contributed by atoms with Crippen LogP contribution in [0, 0.1) is 12.7 Å². The van der Waals surface area contributed by atoms with E-state index in [0.29, 0.717) is 13.0 Å². The summed E-state index contributed by atoms with van der Waals surface area (Å²) < 4.78 is 91.6. The molecule has 2 N–H and O–H groups in total. The molecule has 15 heteroatoms. The molecule has 0 amide bonds. The summed E-state index contributed by atoms with van der Waals surface area (Å²) in [7, 11) is 1.74. The first-order valence-corrected chi connectivity index (χ1v) is 14.3. The molecule has 4 aliphatic rings. The van der Waals surface area contributed by atoms with Gasteiger partial charge in [-0.15, -0.1) is 0 Å². The van der Waals surface area contributed by atoms with Gasteiger partial charge in [0.15, 0.2) is 11.6 Å². The molecule has 0 aliphatic carbocycles. The number of alkyl halides is 4. The third kappa shape index (κ3) is 4.27. The van der Waals surface area contributed by atoms with Crippen LogP contribution in [0.4, 0.5) is 33.6 Å². The lowest BCUT2D eigenvalue weighted by molar-refractivity contribution is -0.137. The number of likely N-dealkylation sites (N-methyl/N-ethyl adjacent to an activating group) is 1. The topological polar surface area (TPSA) is 98.9 Å². The van der Waals surface area contributed by atoms with Crippen molar-refractivity contribution < 1.29 is 36.2 Å². The molecule has 3 aromatic rings. The number of pyridine rings is 1. The minimum absolute atomic E-state index is 0.0292. The Balaban J connectivity index is 1.44. The van der Waals surface area contributed by atoms with Crippen molar-refractivity contribution in [2.45, 2.75) is 49.6 Å². The molecular weight excluding hydrogens is 599 g/mol. The quantitative estimate of drug-likeness (QED) is 0.404. The van der Waals surface area contributed by atoms with Crippen molar-refractivity contribution in [3.63, 3.8) is 0 Å². The van der Waals surface area contributed by atoms with Crippen LogP contribution in [0.1, 0.15) is 30.4 Å². The molecule has 2 atom stereocenters. The molecule has 1 aromatic carbocycles. The van der Waals surface area contributed by atoms with Crippen molar-refractivity contribution in [3.8, 4) is 23.0 Å². The number of benzene rings is 1. The van der Waals surface area contributed by atoms with Gasteiger partial charge in [-0.1, -0.05) is 11.6 Å². The van der Waals surface area contributed by atoms with Crippen molar-refractivity contribution >= 4 is 34.1 Å². The van der Waals surface area contributed by atoms with E-state index in [1.807, 2.05) is 0 Å². The van der Waals surface area contributed by atoms with E-state index in [-0.39, 0.29) is 66.3 Å². The zero-order chi connectivity index (χ0) is 30.5.